The molecule has 0 aliphatic carbocycles. The number of hydrogen-bond donors (Lipinski definition) is 4. The average Bonchev–Trinajstić information content (AvgIpc) is 3.40. The number of carboxylic acid groups (broad SMARTS) is 1. The van der Waals surface area contributed by atoms with E-state index in [1.165, 1.54) is 6.07 Å². The summed E-state index contributed by atoms with van der Waals surface area (Å²) in [6, 6.07) is 9.28. The molecule has 2 aromatic rings. The van der Waals surface area contributed by atoms with Crippen molar-refractivity contribution in [3.8, 4) is 0 Å². The number of nitrogens with zero attached hydrogens (tertiary/aromatic N) is 2. The fraction of sp³-hybridized carbons (Fsp3) is 0.409. The maximum absolute atomic E-state index is 13.3. The number of aromatic amines is 1. The van der Waals surface area contributed by atoms with Crippen LogP contribution in [-0.4, -0.2) is 50.8 Å². The molecular formula is C22H25N5O5. The normalized spacial score (nSPS) is 25.5. The number of H-pyrrole nitrogens is 1. The van der Waals surface area contributed by atoms with E-state index in [0.29, 0.717) is 17.9 Å². The third kappa shape index (κ3) is 3.46. The van der Waals surface area contributed by atoms with E-state index >= 15 is 0 Å². The fourth-order valence-corrected chi connectivity index (χ4v) is 5.40. The van der Waals surface area contributed by atoms with Crippen molar-refractivity contribution in [2.24, 2.45) is 5.92 Å². The zero-order valence-electron chi connectivity index (χ0n) is 17.6. The lowest BCUT2D eigenvalue weighted by Gasteiger charge is -2.36. The number of aromatic nitrogens is 2. The topological polar surface area (TPSA) is 144 Å². The highest BCUT2D eigenvalue weighted by Gasteiger charge is 2.65. The van der Waals surface area contributed by atoms with E-state index in [0.717, 1.165) is 30.6 Å². The van der Waals surface area contributed by atoms with Crippen LogP contribution in [0.25, 0.3) is 0 Å². The average molecular weight is 439 g/mol. The van der Waals surface area contributed by atoms with Crippen molar-refractivity contribution in [3.63, 3.8) is 0 Å². The quantitative estimate of drug-likeness (QED) is 0.516. The predicted molar refractivity (Wildman–Crippen MR) is 115 cm³/mol. The van der Waals surface area contributed by atoms with Crippen LogP contribution in [-0.2, 0) is 26.5 Å². The molecule has 2 saturated heterocycles. The molecular weight excluding hydrogens is 414 g/mol. The fourth-order valence-electron chi connectivity index (χ4n) is 5.40. The molecule has 4 heterocycles. The number of nitrogens with one attached hydrogen (secondary N) is 3. The highest BCUT2D eigenvalue weighted by atomic mass is 16.3. The first-order valence-electron chi connectivity index (χ1n) is 10.5. The SMILES string of the molecule is Cc1cc(=O)[nH]c(CNC(=O)[C@@H]2C[C@H]3CCCN3[C@]23C(=O)Nc2ccccc23)n1.O=CO. The van der Waals surface area contributed by atoms with Gasteiger partial charge in [0.25, 0.3) is 12.0 Å². The number of carbonyl (C=O) groups excluding carboxylic acids is 2. The van der Waals surface area contributed by atoms with E-state index in [1.54, 1.807) is 6.92 Å². The Bertz CT molecular complexity index is 1120. The number of hydrogen-bond acceptors (Lipinski definition) is 6. The first kappa shape index (κ1) is 21.7. The molecule has 0 radical (unpaired) electrons. The minimum absolute atomic E-state index is 0.120. The zero-order valence-corrected chi connectivity index (χ0v) is 17.6. The molecule has 1 aromatic heterocycles. The van der Waals surface area contributed by atoms with E-state index in [-0.39, 0.29) is 36.4 Å². The van der Waals surface area contributed by atoms with Crippen LogP contribution in [0, 0.1) is 12.8 Å². The van der Waals surface area contributed by atoms with Gasteiger partial charge in [0.15, 0.2) is 0 Å². The van der Waals surface area contributed by atoms with Gasteiger partial charge in [0.2, 0.25) is 11.8 Å². The number of carbonyl (C=O) groups is 3. The van der Waals surface area contributed by atoms with Crippen molar-refractivity contribution < 1.29 is 19.5 Å². The number of rotatable bonds is 3. The maximum atomic E-state index is 13.3. The Labute approximate surface area is 184 Å². The second kappa shape index (κ2) is 8.54. The van der Waals surface area contributed by atoms with Gasteiger partial charge in [-0.3, -0.25) is 24.1 Å². The van der Waals surface area contributed by atoms with Gasteiger partial charge < -0.3 is 20.7 Å². The predicted octanol–water partition coefficient (Wildman–Crippen LogP) is 0.727. The molecule has 1 spiro atoms. The van der Waals surface area contributed by atoms with Crippen molar-refractivity contribution in [1.82, 2.24) is 20.2 Å². The van der Waals surface area contributed by atoms with Crippen LogP contribution in [0.4, 0.5) is 5.69 Å². The third-order valence-corrected chi connectivity index (χ3v) is 6.44. The Morgan fingerprint density at radius 1 is 1.38 bits per heavy atom. The minimum atomic E-state index is -0.963. The number of aryl methyl sites for hydroxylation is 1. The van der Waals surface area contributed by atoms with Crippen LogP contribution in [0.5, 0.6) is 0 Å². The number of anilines is 1. The summed E-state index contributed by atoms with van der Waals surface area (Å²) in [6.45, 7) is 2.42. The molecule has 3 atom stereocenters. The van der Waals surface area contributed by atoms with Gasteiger partial charge >= 0.3 is 0 Å². The molecule has 4 N–H and O–H groups in total. The van der Waals surface area contributed by atoms with Gasteiger partial charge in [0.1, 0.15) is 11.4 Å². The summed E-state index contributed by atoms with van der Waals surface area (Å²) >= 11 is 0. The number of benzene rings is 1. The Hall–Kier alpha value is -3.53. The molecule has 2 amide bonds. The van der Waals surface area contributed by atoms with Crippen LogP contribution in [0.15, 0.2) is 35.1 Å². The molecule has 5 rings (SSSR count). The summed E-state index contributed by atoms with van der Waals surface area (Å²) < 4.78 is 0. The molecule has 2 fully saturated rings. The standard InChI is InChI=1S/C21H23N5O3.CH2O2/c1-12-9-18(27)25-17(23-12)11-22-19(28)15-10-13-5-4-8-26(13)21(15)14-6-2-3-7-16(14)24-20(21)29;2-1-3/h2-3,6-7,9,13,15H,4-5,8,10-11H2,1H3,(H,22,28)(H,24,29)(H,23,25,27);1H,(H,2,3)/t13-,15+,21+;/m1./s1. The maximum Gasteiger partial charge on any atom is 0.290 e. The molecule has 3 aliphatic heterocycles. The summed E-state index contributed by atoms with van der Waals surface area (Å²) in [5.74, 6) is -0.388. The van der Waals surface area contributed by atoms with Gasteiger partial charge in [0.05, 0.1) is 12.5 Å². The van der Waals surface area contributed by atoms with Crippen molar-refractivity contribution in [3.05, 3.63) is 57.8 Å². The van der Waals surface area contributed by atoms with E-state index in [9.17, 15) is 14.4 Å². The second-order valence-corrected chi connectivity index (χ2v) is 8.20. The van der Waals surface area contributed by atoms with Crippen LogP contribution in [0.1, 0.15) is 36.3 Å². The van der Waals surface area contributed by atoms with Crippen LogP contribution < -0.4 is 16.2 Å². The number of para-hydroxylation sites is 1. The van der Waals surface area contributed by atoms with E-state index in [4.69, 9.17) is 9.90 Å². The molecule has 10 heteroatoms. The van der Waals surface area contributed by atoms with Crippen molar-refractivity contribution in [2.75, 3.05) is 11.9 Å². The van der Waals surface area contributed by atoms with Gasteiger partial charge in [-0.05, 0) is 38.8 Å². The van der Waals surface area contributed by atoms with E-state index < -0.39 is 11.5 Å². The highest BCUT2D eigenvalue weighted by Crippen LogP contribution is 2.55. The molecule has 10 nitrogen and oxygen atoms in total. The Morgan fingerprint density at radius 3 is 2.88 bits per heavy atom. The van der Waals surface area contributed by atoms with E-state index in [2.05, 4.69) is 25.5 Å². The Kier molecular flexibility index (Phi) is 5.79. The molecule has 32 heavy (non-hydrogen) atoms. The smallest absolute Gasteiger partial charge is 0.290 e. The summed E-state index contributed by atoms with van der Waals surface area (Å²) in [6.07, 6.45) is 2.67. The molecule has 3 aliphatic rings. The lowest BCUT2D eigenvalue weighted by molar-refractivity contribution is -0.137. The minimum Gasteiger partial charge on any atom is -0.483 e. The Morgan fingerprint density at radius 2 is 2.12 bits per heavy atom. The molecule has 1 aromatic carbocycles. The molecule has 168 valence electrons. The number of amides is 2. The van der Waals surface area contributed by atoms with Gasteiger partial charge in [0, 0.05) is 29.1 Å². The van der Waals surface area contributed by atoms with Crippen molar-refractivity contribution >= 4 is 24.0 Å². The molecule has 0 bridgehead atoms. The van der Waals surface area contributed by atoms with E-state index in [1.807, 2.05) is 24.3 Å². The highest BCUT2D eigenvalue weighted by molar-refractivity contribution is 6.09. The van der Waals surface area contributed by atoms with Crippen LogP contribution in [0.3, 0.4) is 0 Å². The first-order chi connectivity index (χ1) is 15.4. The van der Waals surface area contributed by atoms with Gasteiger partial charge in [-0.15, -0.1) is 0 Å². The molecule has 0 saturated carbocycles. The lowest BCUT2D eigenvalue weighted by Crippen LogP contribution is -2.54. The zero-order chi connectivity index (χ0) is 22.9. The van der Waals surface area contributed by atoms with Crippen molar-refractivity contribution in [2.45, 2.75) is 44.3 Å². The summed E-state index contributed by atoms with van der Waals surface area (Å²) in [7, 11) is 0. The largest absolute Gasteiger partial charge is 0.483 e. The monoisotopic (exact) mass is 439 g/mol. The summed E-state index contributed by atoms with van der Waals surface area (Å²) in [4.78, 5) is 55.7. The third-order valence-electron chi connectivity index (χ3n) is 6.44. The van der Waals surface area contributed by atoms with Gasteiger partial charge in [-0.25, -0.2) is 4.98 Å². The summed E-state index contributed by atoms with van der Waals surface area (Å²) in [5.41, 5.74) is 1.06. The number of fused-ring (bicyclic) bond motifs is 4. The second-order valence-electron chi connectivity index (χ2n) is 8.20. The summed E-state index contributed by atoms with van der Waals surface area (Å²) in [5, 5.41) is 12.8. The van der Waals surface area contributed by atoms with Crippen molar-refractivity contribution in [1.29, 1.82) is 0 Å². The lowest BCUT2D eigenvalue weighted by atomic mass is 9.78. The molecule has 0 unspecified atom stereocenters. The van der Waals surface area contributed by atoms with Gasteiger partial charge in [-0.1, -0.05) is 18.2 Å². The van der Waals surface area contributed by atoms with Crippen LogP contribution >= 0.6 is 0 Å². The first-order valence-corrected chi connectivity index (χ1v) is 10.5. The van der Waals surface area contributed by atoms with Gasteiger partial charge in [-0.2, -0.15) is 0 Å². The van der Waals surface area contributed by atoms with Crippen LogP contribution in [0.2, 0.25) is 0 Å². The Balaban J connectivity index is 0.000000775.